The molecule has 3 rings (SSSR count). The van der Waals surface area contributed by atoms with Gasteiger partial charge in [-0.05, 0) is 30.9 Å². The minimum atomic E-state index is -4.89. The molecule has 110 valence electrons. The van der Waals surface area contributed by atoms with Gasteiger partial charge in [-0.2, -0.15) is 13.2 Å². The Hall–Kier alpha value is -0.870. The van der Waals surface area contributed by atoms with Gasteiger partial charge in [0.1, 0.15) is 0 Å². The maximum absolute atomic E-state index is 13.6. The van der Waals surface area contributed by atoms with Crippen LogP contribution in [-0.4, -0.2) is 12.3 Å². The van der Waals surface area contributed by atoms with Crippen LogP contribution in [0.25, 0.3) is 5.32 Å². The van der Waals surface area contributed by atoms with E-state index in [-0.39, 0.29) is 51.7 Å². The molecule has 0 bridgehead atoms. The van der Waals surface area contributed by atoms with Gasteiger partial charge in [-0.1, -0.05) is 23.6 Å². The van der Waals surface area contributed by atoms with Crippen molar-refractivity contribution in [1.82, 2.24) is 0 Å². The summed E-state index contributed by atoms with van der Waals surface area (Å²) >= 11 is 5.77. The van der Waals surface area contributed by atoms with Crippen LogP contribution < -0.4 is 29.6 Å². The van der Waals surface area contributed by atoms with Gasteiger partial charge in [-0.3, -0.25) is 4.79 Å². The summed E-state index contributed by atoms with van der Waals surface area (Å²) < 4.78 is 45.3. The number of alkyl halides is 3. The summed E-state index contributed by atoms with van der Waals surface area (Å²) in [5.41, 5.74) is -3.48. The van der Waals surface area contributed by atoms with E-state index in [4.69, 9.17) is 11.6 Å². The molecule has 0 radical (unpaired) electrons. The first-order chi connectivity index (χ1) is 9.82. The van der Waals surface area contributed by atoms with Crippen molar-refractivity contribution in [2.75, 3.05) is 0 Å². The number of nitrogens with zero attached hydrogens (tertiary/aromatic N) is 1. The number of rotatable bonds is 0. The molecule has 22 heavy (non-hydrogen) atoms. The normalized spacial score (nSPS) is 23.2. The Labute approximate surface area is 151 Å². The molecular formula is C14H8ClF3NNaO2. The SMILES string of the molecule is O=C1[N-]c2ccc(Cl)cc2[C@@](C#CC2CC2)(C(F)(F)F)O1.[Na+]. The summed E-state index contributed by atoms with van der Waals surface area (Å²) in [5, 5.41) is 3.54. The predicted octanol–water partition coefficient (Wildman–Crippen LogP) is 1.67. The van der Waals surface area contributed by atoms with Crippen molar-refractivity contribution < 1.29 is 52.3 Å². The molecule has 0 unspecified atom stereocenters. The Morgan fingerprint density at radius 1 is 1.36 bits per heavy atom. The average Bonchev–Trinajstić information content (AvgIpc) is 3.19. The molecule has 1 aliphatic heterocycles. The molecule has 8 heteroatoms. The van der Waals surface area contributed by atoms with Crippen LogP contribution in [-0.2, 0) is 10.3 Å². The number of fused-ring (bicyclic) bond motifs is 1. The molecule has 1 atom stereocenters. The Kier molecular flexibility index (Phi) is 4.74. The second-order valence-corrected chi connectivity index (χ2v) is 5.30. The van der Waals surface area contributed by atoms with Crippen molar-refractivity contribution in [2.45, 2.75) is 24.6 Å². The summed E-state index contributed by atoms with van der Waals surface area (Å²) in [6.45, 7) is 0. The fraction of sp³-hybridized carbons (Fsp3) is 0.357. The molecular weight excluding hydrogens is 330 g/mol. The van der Waals surface area contributed by atoms with Crippen LogP contribution in [0.1, 0.15) is 18.4 Å². The van der Waals surface area contributed by atoms with Crippen LogP contribution in [0.15, 0.2) is 18.2 Å². The fourth-order valence-corrected chi connectivity index (χ4v) is 2.17. The molecule has 0 aromatic heterocycles. The van der Waals surface area contributed by atoms with Crippen LogP contribution in [0.3, 0.4) is 0 Å². The third kappa shape index (κ3) is 3.09. The van der Waals surface area contributed by atoms with E-state index in [1.165, 1.54) is 12.1 Å². The predicted molar refractivity (Wildman–Crippen MR) is 69.2 cm³/mol. The summed E-state index contributed by atoms with van der Waals surface area (Å²) in [7, 11) is 0. The zero-order valence-electron chi connectivity index (χ0n) is 11.5. The van der Waals surface area contributed by atoms with Crippen molar-refractivity contribution in [3.05, 3.63) is 34.1 Å². The van der Waals surface area contributed by atoms with Gasteiger partial charge in [-0.25, -0.2) is 0 Å². The molecule has 1 heterocycles. The van der Waals surface area contributed by atoms with Crippen LogP contribution in [0.4, 0.5) is 23.7 Å². The van der Waals surface area contributed by atoms with E-state index in [1.807, 2.05) is 0 Å². The number of hydrogen-bond donors (Lipinski definition) is 0. The number of amides is 1. The Balaban J connectivity index is 0.00000176. The minimum Gasteiger partial charge on any atom is -0.590 e. The molecule has 1 fully saturated rings. The van der Waals surface area contributed by atoms with Gasteiger partial charge in [0.15, 0.2) is 0 Å². The molecule has 0 N–H and O–H groups in total. The summed E-state index contributed by atoms with van der Waals surface area (Å²) in [6, 6.07) is 3.69. The van der Waals surface area contributed by atoms with Crippen LogP contribution in [0, 0.1) is 17.8 Å². The van der Waals surface area contributed by atoms with Crippen molar-refractivity contribution in [1.29, 1.82) is 0 Å². The smallest absolute Gasteiger partial charge is 0.590 e. The van der Waals surface area contributed by atoms with Gasteiger partial charge in [0.2, 0.25) is 6.09 Å². The van der Waals surface area contributed by atoms with Crippen molar-refractivity contribution >= 4 is 23.4 Å². The number of halogens is 4. The molecule has 1 aromatic rings. The molecule has 2 aliphatic rings. The van der Waals surface area contributed by atoms with Crippen LogP contribution in [0.5, 0.6) is 0 Å². The number of carbonyl (C=O) groups excluding carboxylic acids is 1. The van der Waals surface area contributed by atoms with Crippen molar-refractivity contribution in [2.24, 2.45) is 5.92 Å². The monoisotopic (exact) mass is 337 g/mol. The Morgan fingerprint density at radius 2 is 2.05 bits per heavy atom. The van der Waals surface area contributed by atoms with E-state index in [0.29, 0.717) is 0 Å². The number of benzene rings is 1. The Bertz CT molecular complexity index is 679. The maximum atomic E-state index is 13.6. The molecule has 1 aliphatic carbocycles. The summed E-state index contributed by atoms with van der Waals surface area (Å²) in [5.74, 6) is 4.56. The first-order valence-corrected chi connectivity index (χ1v) is 6.54. The molecule has 3 nitrogen and oxygen atoms in total. The third-order valence-electron chi connectivity index (χ3n) is 3.22. The molecule has 1 amide bonds. The molecule has 1 saturated carbocycles. The zero-order chi connectivity index (χ0) is 15.3. The topological polar surface area (TPSA) is 40.4 Å². The second kappa shape index (κ2) is 5.97. The Morgan fingerprint density at radius 3 is 2.64 bits per heavy atom. The number of hydrogen-bond acceptors (Lipinski definition) is 2. The van der Waals surface area contributed by atoms with Gasteiger partial charge in [0.25, 0.3) is 5.60 Å². The zero-order valence-corrected chi connectivity index (χ0v) is 14.3. The fourth-order valence-electron chi connectivity index (χ4n) is 2.00. The number of ether oxygens (including phenoxy) is 1. The summed E-state index contributed by atoms with van der Waals surface area (Å²) in [6.07, 6.45) is -4.70. The standard InChI is InChI=1S/C14H9ClF3NO2.Na/c15-9-3-4-11-10(7-9)13(14(16,17)18,21-12(20)19-11)6-5-8-1-2-8;/h3-4,7-8H,1-2H2,(H,19,20);/q;+1/p-1/t13-;/m0./s1. The molecule has 0 saturated heterocycles. The van der Waals surface area contributed by atoms with Crippen molar-refractivity contribution in [3.8, 4) is 11.8 Å². The van der Waals surface area contributed by atoms with Gasteiger partial charge in [0.05, 0.1) is 0 Å². The van der Waals surface area contributed by atoms with E-state index < -0.39 is 17.9 Å². The molecule has 1 aromatic carbocycles. The number of carbonyl (C=O) groups is 1. The van der Waals surface area contributed by atoms with Gasteiger partial charge in [-0.15, -0.1) is 5.69 Å². The third-order valence-corrected chi connectivity index (χ3v) is 3.45. The molecule has 0 spiro atoms. The summed E-state index contributed by atoms with van der Waals surface area (Å²) in [4.78, 5) is 11.4. The van der Waals surface area contributed by atoms with E-state index in [0.717, 1.165) is 18.9 Å². The van der Waals surface area contributed by atoms with Crippen LogP contribution in [0.2, 0.25) is 5.02 Å². The van der Waals surface area contributed by atoms with Crippen LogP contribution >= 0.6 is 11.6 Å². The first-order valence-electron chi connectivity index (χ1n) is 6.16. The average molecular weight is 338 g/mol. The second-order valence-electron chi connectivity index (χ2n) is 4.86. The minimum absolute atomic E-state index is 0. The number of cyclic esters (lactones) is 1. The van der Waals surface area contributed by atoms with Crippen molar-refractivity contribution in [3.63, 3.8) is 0 Å². The van der Waals surface area contributed by atoms with Gasteiger partial charge in [0, 0.05) is 16.5 Å². The maximum Gasteiger partial charge on any atom is 1.00 e. The van der Waals surface area contributed by atoms with Gasteiger partial charge >= 0.3 is 35.7 Å². The quantitative estimate of drug-likeness (QED) is 0.534. The largest absolute Gasteiger partial charge is 1.00 e. The van der Waals surface area contributed by atoms with E-state index in [1.54, 1.807) is 0 Å². The van der Waals surface area contributed by atoms with E-state index >= 15 is 0 Å². The first kappa shape index (κ1) is 17.5. The van der Waals surface area contributed by atoms with E-state index in [9.17, 15) is 18.0 Å². The van der Waals surface area contributed by atoms with Gasteiger partial charge < -0.3 is 10.1 Å². The van der Waals surface area contributed by atoms with E-state index in [2.05, 4.69) is 21.9 Å².